The number of rotatable bonds is 4. The fourth-order valence-electron chi connectivity index (χ4n) is 4.06. The maximum Gasteiger partial charge on any atom is 0.323 e. The van der Waals surface area contributed by atoms with E-state index >= 15 is 0 Å². The minimum atomic E-state index is -0.260. The Balaban J connectivity index is 1.50. The van der Waals surface area contributed by atoms with Crippen molar-refractivity contribution < 1.29 is 9.53 Å². The summed E-state index contributed by atoms with van der Waals surface area (Å²) < 4.78 is 5.82. The lowest BCUT2D eigenvalue weighted by Crippen LogP contribution is -2.67. The first-order valence-electron chi connectivity index (χ1n) is 8.27. The van der Waals surface area contributed by atoms with E-state index in [0.717, 1.165) is 25.9 Å². The van der Waals surface area contributed by atoms with Crippen LogP contribution >= 0.6 is 0 Å². The standard InChI is InChI=1S/C17H21N3O3/c1-2-23-14-9-13(17(14)6-3-7-17)20-15(21)10-4-5-11-12(8-10)19-16(22)18-11/h4-5,8,13-14H,2-3,6-7,9H2,1H3,(H,20,21)(H2,18,19,22)/t13-,14+/m0/s1. The highest BCUT2D eigenvalue weighted by atomic mass is 16.5. The van der Waals surface area contributed by atoms with Gasteiger partial charge in [0.15, 0.2) is 0 Å². The molecule has 1 heterocycles. The number of carbonyl (C=O) groups excluding carboxylic acids is 1. The van der Waals surface area contributed by atoms with Crippen LogP contribution in [0.4, 0.5) is 0 Å². The lowest BCUT2D eigenvalue weighted by atomic mass is 9.51. The third-order valence-corrected chi connectivity index (χ3v) is 5.52. The maximum atomic E-state index is 12.5. The zero-order valence-electron chi connectivity index (χ0n) is 13.1. The average molecular weight is 315 g/mol. The van der Waals surface area contributed by atoms with Gasteiger partial charge in [-0.25, -0.2) is 4.79 Å². The molecule has 2 aromatic rings. The summed E-state index contributed by atoms with van der Waals surface area (Å²) in [6.45, 7) is 2.75. The minimum Gasteiger partial charge on any atom is -0.378 e. The predicted octanol–water partition coefficient (Wildman–Crippen LogP) is 1.93. The van der Waals surface area contributed by atoms with E-state index in [4.69, 9.17) is 4.74 Å². The molecular formula is C17H21N3O3. The lowest BCUT2D eigenvalue weighted by molar-refractivity contribution is -0.169. The van der Waals surface area contributed by atoms with Gasteiger partial charge in [0.25, 0.3) is 5.91 Å². The normalized spacial score (nSPS) is 25.1. The van der Waals surface area contributed by atoms with Crippen molar-refractivity contribution in [3.8, 4) is 0 Å². The van der Waals surface area contributed by atoms with Crippen molar-refractivity contribution in [1.29, 1.82) is 0 Å². The van der Waals surface area contributed by atoms with Crippen LogP contribution in [0.1, 0.15) is 43.0 Å². The van der Waals surface area contributed by atoms with Crippen LogP contribution in [0.3, 0.4) is 0 Å². The van der Waals surface area contributed by atoms with E-state index in [1.807, 2.05) is 6.92 Å². The highest BCUT2D eigenvalue weighted by molar-refractivity contribution is 5.97. The van der Waals surface area contributed by atoms with Crippen LogP contribution in [0.2, 0.25) is 0 Å². The Hall–Kier alpha value is -2.08. The van der Waals surface area contributed by atoms with Gasteiger partial charge >= 0.3 is 5.69 Å². The van der Waals surface area contributed by atoms with Gasteiger partial charge in [-0.3, -0.25) is 4.79 Å². The molecule has 0 aliphatic heterocycles. The van der Waals surface area contributed by atoms with Gasteiger partial charge in [-0.15, -0.1) is 0 Å². The summed E-state index contributed by atoms with van der Waals surface area (Å²) in [5, 5.41) is 3.16. The van der Waals surface area contributed by atoms with Crippen LogP contribution in [0.5, 0.6) is 0 Å². The number of H-pyrrole nitrogens is 2. The van der Waals surface area contributed by atoms with E-state index in [-0.39, 0.29) is 29.2 Å². The molecule has 0 saturated heterocycles. The smallest absolute Gasteiger partial charge is 0.323 e. The zero-order chi connectivity index (χ0) is 16.0. The first-order valence-corrected chi connectivity index (χ1v) is 8.27. The Kier molecular flexibility index (Phi) is 3.30. The minimum absolute atomic E-state index is 0.0832. The fraction of sp³-hybridized carbons (Fsp3) is 0.529. The molecule has 2 atom stereocenters. The van der Waals surface area contributed by atoms with E-state index < -0.39 is 0 Å². The zero-order valence-corrected chi connectivity index (χ0v) is 13.1. The van der Waals surface area contributed by atoms with Crippen molar-refractivity contribution >= 4 is 16.9 Å². The molecule has 2 aliphatic carbocycles. The summed E-state index contributed by atoms with van der Waals surface area (Å²) in [6, 6.07) is 5.41. The van der Waals surface area contributed by atoms with Crippen molar-refractivity contribution in [2.75, 3.05) is 6.61 Å². The second-order valence-corrected chi connectivity index (χ2v) is 6.63. The second kappa shape index (κ2) is 5.23. The van der Waals surface area contributed by atoms with Crippen LogP contribution in [-0.4, -0.2) is 34.6 Å². The molecule has 4 rings (SSSR count). The van der Waals surface area contributed by atoms with Gasteiger partial charge in [-0.1, -0.05) is 6.42 Å². The number of aromatic amines is 2. The van der Waals surface area contributed by atoms with E-state index in [0.29, 0.717) is 16.6 Å². The summed E-state index contributed by atoms with van der Waals surface area (Å²) in [7, 11) is 0. The van der Waals surface area contributed by atoms with Crippen LogP contribution in [0.25, 0.3) is 11.0 Å². The summed E-state index contributed by atoms with van der Waals surface area (Å²) in [5.41, 5.74) is 1.83. The molecule has 0 bridgehead atoms. The monoisotopic (exact) mass is 315 g/mol. The molecule has 0 unspecified atom stereocenters. The number of fused-ring (bicyclic) bond motifs is 1. The third kappa shape index (κ3) is 2.20. The number of hydrogen-bond donors (Lipinski definition) is 3. The average Bonchev–Trinajstić information content (AvgIpc) is 2.83. The lowest BCUT2D eigenvalue weighted by Gasteiger charge is -2.61. The van der Waals surface area contributed by atoms with Crippen LogP contribution in [0.15, 0.2) is 23.0 Å². The van der Waals surface area contributed by atoms with Crippen LogP contribution < -0.4 is 11.0 Å². The Labute approximate surface area is 133 Å². The number of ether oxygens (including phenoxy) is 1. The molecule has 6 heteroatoms. The SMILES string of the molecule is CCO[C@@H]1C[C@H](NC(=O)c2ccc3[nH]c(=O)[nH]c3c2)C12CCC2. The van der Waals surface area contributed by atoms with Crippen molar-refractivity contribution in [3.05, 3.63) is 34.2 Å². The van der Waals surface area contributed by atoms with Gasteiger partial charge in [0.05, 0.1) is 17.1 Å². The van der Waals surface area contributed by atoms with Crippen molar-refractivity contribution in [2.24, 2.45) is 5.41 Å². The molecule has 1 spiro atoms. The highest BCUT2D eigenvalue weighted by Gasteiger charge is 2.59. The molecule has 1 aromatic heterocycles. The van der Waals surface area contributed by atoms with Crippen molar-refractivity contribution in [2.45, 2.75) is 44.8 Å². The second-order valence-electron chi connectivity index (χ2n) is 6.63. The van der Waals surface area contributed by atoms with Crippen LogP contribution in [-0.2, 0) is 4.74 Å². The predicted molar refractivity (Wildman–Crippen MR) is 86.5 cm³/mol. The van der Waals surface area contributed by atoms with E-state index in [1.165, 1.54) is 6.42 Å². The summed E-state index contributed by atoms with van der Waals surface area (Å²) in [5.74, 6) is -0.0832. The van der Waals surface area contributed by atoms with Gasteiger partial charge in [-0.2, -0.15) is 0 Å². The van der Waals surface area contributed by atoms with E-state index in [9.17, 15) is 9.59 Å². The van der Waals surface area contributed by atoms with Gasteiger partial charge in [0, 0.05) is 23.6 Å². The molecule has 2 fully saturated rings. The summed E-state index contributed by atoms with van der Waals surface area (Å²) >= 11 is 0. The molecule has 23 heavy (non-hydrogen) atoms. The highest BCUT2D eigenvalue weighted by Crippen LogP contribution is 2.57. The Morgan fingerprint density at radius 1 is 1.35 bits per heavy atom. The first kappa shape index (κ1) is 14.5. The van der Waals surface area contributed by atoms with Crippen LogP contribution in [0, 0.1) is 5.41 Å². The fourth-order valence-corrected chi connectivity index (χ4v) is 4.06. The van der Waals surface area contributed by atoms with Gasteiger partial charge in [0.2, 0.25) is 0 Å². The van der Waals surface area contributed by atoms with E-state index in [2.05, 4.69) is 15.3 Å². The largest absolute Gasteiger partial charge is 0.378 e. The number of nitrogens with one attached hydrogen (secondary N) is 3. The Morgan fingerprint density at radius 3 is 2.83 bits per heavy atom. The van der Waals surface area contributed by atoms with Crippen molar-refractivity contribution in [3.63, 3.8) is 0 Å². The summed E-state index contributed by atoms with van der Waals surface area (Å²) in [6.07, 6.45) is 4.66. The molecule has 2 saturated carbocycles. The third-order valence-electron chi connectivity index (χ3n) is 5.52. The van der Waals surface area contributed by atoms with Gasteiger partial charge in [0.1, 0.15) is 0 Å². The molecular weight excluding hydrogens is 294 g/mol. The Morgan fingerprint density at radius 2 is 2.13 bits per heavy atom. The Bertz CT molecular complexity index is 803. The van der Waals surface area contributed by atoms with E-state index in [1.54, 1.807) is 18.2 Å². The summed E-state index contributed by atoms with van der Waals surface area (Å²) in [4.78, 5) is 29.2. The number of aromatic nitrogens is 2. The number of amides is 1. The molecule has 2 aliphatic rings. The molecule has 1 amide bonds. The molecule has 0 radical (unpaired) electrons. The molecule has 1 aromatic carbocycles. The van der Waals surface area contributed by atoms with Gasteiger partial charge in [-0.05, 0) is 44.4 Å². The number of benzene rings is 1. The maximum absolute atomic E-state index is 12.5. The van der Waals surface area contributed by atoms with Crippen molar-refractivity contribution in [1.82, 2.24) is 15.3 Å². The number of imidazole rings is 1. The first-order chi connectivity index (χ1) is 11.1. The number of carbonyl (C=O) groups is 1. The molecule has 122 valence electrons. The topological polar surface area (TPSA) is 87.0 Å². The molecule has 6 nitrogen and oxygen atoms in total. The molecule has 3 N–H and O–H groups in total. The quantitative estimate of drug-likeness (QED) is 0.806. The number of hydrogen-bond acceptors (Lipinski definition) is 3. The van der Waals surface area contributed by atoms with Gasteiger partial charge < -0.3 is 20.0 Å².